The number of piperidine rings is 1. The summed E-state index contributed by atoms with van der Waals surface area (Å²) in [4.78, 5) is 42.2. The van der Waals surface area contributed by atoms with Crippen LogP contribution in [0.5, 0.6) is 0 Å². The van der Waals surface area contributed by atoms with Crippen molar-refractivity contribution in [3.8, 4) is 0 Å². The Labute approximate surface area is 171 Å². The Balaban J connectivity index is 1.56. The Kier molecular flexibility index (Phi) is 5.58. The summed E-state index contributed by atoms with van der Waals surface area (Å²) >= 11 is 0. The Morgan fingerprint density at radius 3 is 2.45 bits per heavy atom. The van der Waals surface area contributed by atoms with E-state index in [9.17, 15) is 14.4 Å². The SMILES string of the molecule is CCCNC(=O)C1COC2(CCN(C(=O)C3CC3)CC2)N1C(=O)c1ccccc1. The van der Waals surface area contributed by atoms with Gasteiger partial charge in [0.2, 0.25) is 11.8 Å². The number of benzene rings is 1. The quantitative estimate of drug-likeness (QED) is 0.819. The number of hydrogen-bond acceptors (Lipinski definition) is 4. The molecule has 0 bridgehead atoms. The van der Waals surface area contributed by atoms with E-state index in [1.165, 1.54) is 0 Å². The summed E-state index contributed by atoms with van der Waals surface area (Å²) < 4.78 is 6.16. The minimum Gasteiger partial charge on any atom is -0.354 e. The Bertz CT molecular complexity index is 770. The second-order valence-electron chi connectivity index (χ2n) is 8.20. The number of hydrogen-bond donors (Lipinski definition) is 1. The topological polar surface area (TPSA) is 79.0 Å². The van der Waals surface area contributed by atoms with E-state index in [0.717, 1.165) is 19.3 Å². The first-order chi connectivity index (χ1) is 14.1. The molecule has 156 valence electrons. The molecular weight excluding hydrogens is 370 g/mol. The van der Waals surface area contributed by atoms with E-state index in [1.807, 2.05) is 30.0 Å². The third-order valence-corrected chi connectivity index (χ3v) is 6.13. The van der Waals surface area contributed by atoms with E-state index in [2.05, 4.69) is 5.32 Å². The van der Waals surface area contributed by atoms with Crippen molar-refractivity contribution in [1.82, 2.24) is 15.1 Å². The molecule has 2 saturated heterocycles. The molecule has 1 atom stereocenters. The number of carbonyl (C=O) groups is 3. The van der Waals surface area contributed by atoms with Crippen molar-refractivity contribution < 1.29 is 19.1 Å². The van der Waals surface area contributed by atoms with Gasteiger partial charge in [0, 0.05) is 44.0 Å². The first-order valence-corrected chi connectivity index (χ1v) is 10.6. The maximum absolute atomic E-state index is 13.4. The molecule has 1 aliphatic carbocycles. The molecule has 1 aromatic carbocycles. The van der Waals surface area contributed by atoms with E-state index >= 15 is 0 Å². The van der Waals surface area contributed by atoms with Crippen molar-refractivity contribution in [2.45, 2.75) is 50.8 Å². The van der Waals surface area contributed by atoms with Crippen LogP contribution in [0.3, 0.4) is 0 Å². The van der Waals surface area contributed by atoms with Crippen molar-refractivity contribution in [2.75, 3.05) is 26.2 Å². The molecule has 0 aromatic heterocycles. The minimum absolute atomic E-state index is 0.176. The smallest absolute Gasteiger partial charge is 0.256 e. The molecule has 2 heterocycles. The molecular formula is C22H29N3O4. The van der Waals surface area contributed by atoms with Crippen molar-refractivity contribution in [3.05, 3.63) is 35.9 Å². The molecule has 1 unspecified atom stereocenters. The number of likely N-dealkylation sites (tertiary alicyclic amines) is 1. The standard InChI is InChI=1S/C22H29N3O4/c1-2-12-23-19(26)18-15-29-22(25(18)21(28)16-6-4-3-5-7-16)10-13-24(14-11-22)20(27)17-8-9-17/h3-7,17-18H,2,8-15H2,1H3,(H,23,26). The zero-order valence-electron chi connectivity index (χ0n) is 16.9. The van der Waals surface area contributed by atoms with Crippen molar-refractivity contribution in [3.63, 3.8) is 0 Å². The van der Waals surface area contributed by atoms with Gasteiger partial charge in [-0.3, -0.25) is 19.3 Å². The predicted octanol–water partition coefficient (Wildman–Crippen LogP) is 1.78. The fourth-order valence-corrected chi connectivity index (χ4v) is 4.32. The highest BCUT2D eigenvalue weighted by atomic mass is 16.5. The molecule has 3 fully saturated rings. The van der Waals surface area contributed by atoms with Gasteiger partial charge < -0.3 is 15.0 Å². The van der Waals surface area contributed by atoms with Crippen LogP contribution in [0.1, 0.15) is 49.4 Å². The predicted molar refractivity (Wildman–Crippen MR) is 107 cm³/mol. The van der Waals surface area contributed by atoms with Crippen LogP contribution < -0.4 is 5.32 Å². The highest BCUT2D eigenvalue weighted by Crippen LogP contribution is 2.40. The minimum atomic E-state index is -0.832. The van der Waals surface area contributed by atoms with Crippen LogP contribution in [0.25, 0.3) is 0 Å². The molecule has 3 aliphatic rings. The fraction of sp³-hybridized carbons (Fsp3) is 0.591. The second kappa shape index (κ2) is 8.14. The Morgan fingerprint density at radius 1 is 1.14 bits per heavy atom. The van der Waals surface area contributed by atoms with Gasteiger partial charge in [-0.1, -0.05) is 25.1 Å². The van der Waals surface area contributed by atoms with Gasteiger partial charge >= 0.3 is 0 Å². The molecule has 1 aromatic rings. The third-order valence-electron chi connectivity index (χ3n) is 6.13. The molecule has 7 nitrogen and oxygen atoms in total. The average molecular weight is 399 g/mol. The molecule has 1 spiro atoms. The molecule has 2 aliphatic heterocycles. The maximum Gasteiger partial charge on any atom is 0.256 e. The van der Waals surface area contributed by atoms with Gasteiger partial charge in [0.1, 0.15) is 11.8 Å². The Morgan fingerprint density at radius 2 is 1.83 bits per heavy atom. The molecule has 7 heteroatoms. The molecule has 4 rings (SSSR count). The van der Waals surface area contributed by atoms with Gasteiger partial charge in [-0.05, 0) is 31.4 Å². The van der Waals surface area contributed by atoms with E-state index in [-0.39, 0.29) is 30.2 Å². The monoisotopic (exact) mass is 399 g/mol. The lowest BCUT2D eigenvalue weighted by Crippen LogP contribution is -2.60. The van der Waals surface area contributed by atoms with E-state index in [1.54, 1.807) is 17.0 Å². The normalized spacial score (nSPS) is 23.3. The number of nitrogens with zero attached hydrogens (tertiary/aromatic N) is 2. The first-order valence-electron chi connectivity index (χ1n) is 10.6. The van der Waals surface area contributed by atoms with E-state index in [4.69, 9.17) is 4.74 Å². The van der Waals surface area contributed by atoms with Crippen LogP contribution in [0, 0.1) is 5.92 Å². The van der Waals surface area contributed by atoms with E-state index in [0.29, 0.717) is 38.0 Å². The first kappa shape index (κ1) is 19.9. The number of rotatable bonds is 5. The summed E-state index contributed by atoms with van der Waals surface area (Å²) in [5.74, 6) is 0.0328. The van der Waals surface area contributed by atoms with Crippen LogP contribution in [0.15, 0.2) is 30.3 Å². The largest absolute Gasteiger partial charge is 0.354 e. The number of amides is 3. The van der Waals surface area contributed by atoms with Gasteiger partial charge in [0.15, 0.2) is 0 Å². The zero-order valence-corrected chi connectivity index (χ0v) is 16.9. The molecule has 3 amide bonds. The van der Waals surface area contributed by atoms with Gasteiger partial charge in [-0.15, -0.1) is 0 Å². The summed E-state index contributed by atoms with van der Waals surface area (Å²) in [7, 11) is 0. The summed E-state index contributed by atoms with van der Waals surface area (Å²) in [6, 6.07) is 8.38. The van der Waals surface area contributed by atoms with Crippen LogP contribution in [0.2, 0.25) is 0 Å². The summed E-state index contributed by atoms with van der Waals surface area (Å²) in [5, 5.41) is 2.91. The van der Waals surface area contributed by atoms with Gasteiger partial charge in [0.05, 0.1) is 6.61 Å². The average Bonchev–Trinajstić information content (AvgIpc) is 3.55. The molecule has 1 N–H and O–H groups in total. The van der Waals surface area contributed by atoms with Crippen LogP contribution >= 0.6 is 0 Å². The van der Waals surface area contributed by atoms with Gasteiger partial charge in [-0.2, -0.15) is 0 Å². The lowest BCUT2D eigenvalue weighted by Gasteiger charge is -2.44. The Hall–Kier alpha value is -2.41. The number of nitrogens with one attached hydrogen (secondary N) is 1. The summed E-state index contributed by atoms with van der Waals surface area (Å²) in [6.07, 6.45) is 3.85. The maximum atomic E-state index is 13.4. The highest BCUT2D eigenvalue weighted by Gasteiger charge is 2.54. The molecule has 1 saturated carbocycles. The van der Waals surface area contributed by atoms with Gasteiger partial charge in [0.25, 0.3) is 5.91 Å². The van der Waals surface area contributed by atoms with E-state index < -0.39 is 11.8 Å². The lowest BCUT2D eigenvalue weighted by atomic mass is 9.96. The van der Waals surface area contributed by atoms with Crippen molar-refractivity contribution in [1.29, 1.82) is 0 Å². The zero-order chi connectivity index (χ0) is 20.4. The third kappa shape index (κ3) is 3.88. The lowest BCUT2D eigenvalue weighted by molar-refractivity contribution is -0.144. The van der Waals surface area contributed by atoms with Crippen LogP contribution in [0.4, 0.5) is 0 Å². The number of ether oxygens (including phenoxy) is 1. The highest BCUT2D eigenvalue weighted by molar-refractivity contribution is 5.98. The second-order valence-corrected chi connectivity index (χ2v) is 8.20. The van der Waals surface area contributed by atoms with Crippen molar-refractivity contribution >= 4 is 17.7 Å². The summed E-state index contributed by atoms with van der Waals surface area (Å²) in [5.41, 5.74) is -0.288. The molecule has 29 heavy (non-hydrogen) atoms. The van der Waals surface area contributed by atoms with Gasteiger partial charge in [-0.25, -0.2) is 0 Å². The van der Waals surface area contributed by atoms with Crippen LogP contribution in [-0.2, 0) is 14.3 Å². The van der Waals surface area contributed by atoms with Crippen LogP contribution in [-0.4, -0.2) is 65.5 Å². The summed E-state index contributed by atoms with van der Waals surface area (Å²) in [6.45, 7) is 3.85. The number of carbonyl (C=O) groups excluding carboxylic acids is 3. The fourth-order valence-electron chi connectivity index (χ4n) is 4.32. The van der Waals surface area contributed by atoms with Crippen molar-refractivity contribution in [2.24, 2.45) is 5.92 Å². The molecule has 0 radical (unpaired) electrons.